The SMILES string of the molecule is c1cncc(CC2CC3CCN2C3)c1. The van der Waals surface area contributed by atoms with Crippen LogP contribution in [0.2, 0.25) is 0 Å². The van der Waals surface area contributed by atoms with Gasteiger partial charge in [-0.25, -0.2) is 0 Å². The van der Waals surface area contributed by atoms with Crippen LogP contribution in [-0.2, 0) is 6.42 Å². The highest BCUT2D eigenvalue weighted by atomic mass is 15.2. The van der Waals surface area contributed by atoms with Crippen molar-refractivity contribution in [1.82, 2.24) is 9.88 Å². The summed E-state index contributed by atoms with van der Waals surface area (Å²) >= 11 is 0. The Bertz CT molecular complexity index is 309. The molecule has 0 N–H and O–H groups in total. The number of fused-ring (bicyclic) bond motifs is 2. The van der Waals surface area contributed by atoms with Crippen molar-refractivity contribution < 1.29 is 0 Å². The molecule has 0 saturated carbocycles. The third-order valence-electron chi connectivity index (χ3n) is 3.63. The number of aromatic nitrogens is 1. The van der Waals surface area contributed by atoms with Gasteiger partial charge in [-0.2, -0.15) is 0 Å². The van der Waals surface area contributed by atoms with E-state index in [4.69, 9.17) is 0 Å². The Kier molecular flexibility index (Phi) is 2.02. The number of hydrogen-bond donors (Lipinski definition) is 0. The minimum Gasteiger partial charge on any atom is -0.300 e. The fraction of sp³-hybridized carbons (Fsp3) is 0.583. The van der Waals surface area contributed by atoms with E-state index in [1.54, 1.807) is 0 Å². The summed E-state index contributed by atoms with van der Waals surface area (Å²) < 4.78 is 0. The van der Waals surface area contributed by atoms with Crippen molar-refractivity contribution in [2.45, 2.75) is 25.3 Å². The first kappa shape index (κ1) is 8.42. The predicted octanol–water partition coefficient (Wildman–Crippen LogP) is 1.72. The van der Waals surface area contributed by atoms with E-state index in [1.165, 1.54) is 37.9 Å². The van der Waals surface area contributed by atoms with Gasteiger partial charge in [-0.1, -0.05) is 6.07 Å². The minimum atomic E-state index is 0.804. The van der Waals surface area contributed by atoms with Crippen molar-refractivity contribution in [3.8, 4) is 0 Å². The van der Waals surface area contributed by atoms with Crippen molar-refractivity contribution in [2.24, 2.45) is 5.92 Å². The van der Waals surface area contributed by atoms with Crippen LogP contribution < -0.4 is 0 Å². The van der Waals surface area contributed by atoms with Gasteiger partial charge >= 0.3 is 0 Å². The van der Waals surface area contributed by atoms with Gasteiger partial charge in [0.1, 0.15) is 0 Å². The molecule has 14 heavy (non-hydrogen) atoms. The third kappa shape index (κ3) is 1.44. The molecule has 3 unspecified atom stereocenters. The molecule has 2 aliphatic rings. The van der Waals surface area contributed by atoms with Crippen molar-refractivity contribution in [3.63, 3.8) is 0 Å². The Balaban J connectivity index is 1.69. The summed E-state index contributed by atoms with van der Waals surface area (Å²) in [5, 5.41) is 0. The standard InChI is InChI=1S/C12H16N2/c1-2-10(8-13-4-1)6-12-7-11-3-5-14(12)9-11/h1-2,4,8,11-12H,3,5-7,9H2. The van der Waals surface area contributed by atoms with Crippen molar-refractivity contribution in [1.29, 1.82) is 0 Å². The molecule has 2 heteroatoms. The molecule has 0 aliphatic carbocycles. The molecule has 0 amide bonds. The van der Waals surface area contributed by atoms with Crippen molar-refractivity contribution >= 4 is 0 Å². The molecule has 3 atom stereocenters. The number of nitrogens with zero attached hydrogens (tertiary/aromatic N) is 2. The van der Waals surface area contributed by atoms with E-state index in [1.807, 2.05) is 18.5 Å². The van der Waals surface area contributed by atoms with Gasteiger partial charge in [0.05, 0.1) is 0 Å². The topological polar surface area (TPSA) is 16.1 Å². The molecule has 1 aromatic rings. The van der Waals surface area contributed by atoms with Crippen molar-refractivity contribution in [2.75, 3.05) is 13.1 Å². The van der Waals surface area contributed by atoms with Crippen LogP contribution in [0.3, 0.4) is 0 Å². The molecule has 2 bridgehead atoms. The van der Waals surface area contributed by atoms with Gasteiger partial charge in [-0.05, 0) is 43.4 Å². The second-order valence-corrected chi connectivity index (χ2v) is 4.60. The zero-order valence-electron chi connectivity index (χ0n) is 8.39. The number of hydrogen-bond acceptors (Lipinski definition) is 2. The van der Waals surface area contributed by atoms with Crippen LogP contribution in [0.4, 0.5) is 0 Å². The monoisotopic (exact) mass is 188 g/mol. The zero-order valence-corrected chi connectivity index (χ0v) is 8.39. The summed E-state index contributed by atoms with van der Waals surface area (Å²) in [5.74, 6) is 0.997. The molecule has 74 valence electrons. The summed E-state index contributed by atoms with van der Waals surface area (Å²) in [5.41, 5.74) is 1.39. The molecule has 2 aliphatic heterocycles. The van der Waals surface area contributed by atoms with E-state index in [0.717, 1.165) is 12.0 Å². The van der Waals surface area contributed by atoms with Gasteiger partial charge < -0.3 is 0 Å². The van der Waals surface area contributed by atoms with Crippen LogP contribution in [0.1, 0.15) is 18.4 Å². The van der Waals surface area contributed by atoms with Gasteiger partial charge in [0.25, 0.3) is 0 Å². The van der Waals surface area contributed by atoms with Crippen LogP contribution in [-0.4, -0.2) is 29.0 Å². The molecular weight excluding hydrogens is 172 g/mol. The summed E-state index contributed by atoms with van der Waals surface area (Å²) in [6.07, 6.45) is 7.90. The third-order valence-corrected chi connectivity index (χ3v) is 3.63. The quantitative estimate of drug-likeness (QED) is 0.702. The fourth-order valence-electron chi connectivity index (χ4n) is 2.92. The molecule has 1 aromatic heterocycles. The Hall–Kier alpha value is -0.890. The van der Waals surface area contributed by atoms with E-state index in [-0.39, 0.29) is 0 Å². The van der Waals surface area contributed by atoms with E-state index in [0.29, 0.717) is 0 Å². The molecule has 0 spiro atoms. The smallest absolute Gasteiger partial charge is 0.0300 e. The number of piperidine rings is 1. The van der Waals surface area contributed by atoms with E-state index in [9.17, 15) is 0 Å². The average Bonchev–Trinajstić information content (AvgIpc) is 2.81. The molecular formula is C12H16N2. The second kappa shape index (κ2) is 3.35. The van der Waals surface area contributed by atoms with Gasteiger partial charge in [-0.3, -0.25) is 9.88 Å². The fourth-order valence-corrected chi connectivity index (χ4v) is 2.92. The van der Waals surface area contributed by atoms with Crippen LogP contribution in [0.15, 0.2) is 24.5 Å². The van der Waals surface area contributed by atoms with Crippen molar-refractivity contribution in [3.05, 3.63) is 30.1 Å². The van der Waals surface area contributed by atoms with Crippen LogP contribution in [0.5, 0.6) is 0 Å². The first-order valence-corrected chi connectivity index (χ1v) is 5.55. The molecule has 3 rings (SSSR count). The van der Waals surface area contributed by atoms with Gasteiger partial charge in [-0.15, -0.1) is 0 Å². The Labute approximate surface area is 85.0 Å². The molecule has 0 aromatic carbocycles. The molecule has 2 nitrogen and oxygen atoms in total. The second-order valence-electron chi connectivity index (χ2n) is 4.60. The minimum absolute atomic E-state index is 0.804. The highest BCUT2D eigenvalue weighted by Gasteiger charge is 2.36. The van der Waals surface area contributed by atoms with E-state index < -0.39 is 0 Å². The lowest BCUT2D eigenvalue weighted by Crippen LogP contribution is -2.31. The first-order chi connectivity index (χ1) is 6.92. The first-order valence-electron chi connectivity index (χ1n) is 5.55. The molecule has 2 fully saturated rings. The largest absolute Gasteiger partial charge is 0.300 e. The van der Waals surface area contributed by atoms with Gasteiger partial charge in [0.2, 0.25) is 0 Å². The molecule has 0 radical (unpaired) electrons. The van der Waals surface area contributed by atoms with Gasteiger partial charge in [0, 0.05) is 25.0 Å². The number of pyridine rings is 1. The normalized spacial score (nSPS) is 35.0. The van der Waals surface area contributed by atoms with E-state index >= 15 is 0 Å². The molecule has 3 heterocycles. The van der Waals surface area contributed by atoms with Crippen LogP contribution >= 0.6 is 0 Å². The maximum absolute atomic E-state index is 4.17. The lowest BCUT2D eigenvalue weighted by Gasteiger charge is -2.24. The lowest BCUT2D eigenvalue weighted by molar-refractivity contribution is 0.260. The van der Waals surface area contributed by atoms with Crippen LogP contribution in [0, 0.1) is 5.92 Å². The van der Waals surface area contributed by atoms with Crippen LogP contribution in [0.25, 0.3) is 0 Å². The highest BCUT2D eigenvalue weighted by molar-refractivity contribution is 5.11. The Morgan fingerprint density at radius 1 is 1.50 bits per heavy atom. The Morgan fingerprint density at radius 3 is 3.14 bits per heavy atom. The lowest BCUT2D eigenvalue weighted by atomic mass is 9.96. The maximum Gasteiger partial charge on any atom is 0.0300 e. The molecule has 2 saturated heterocycles. The summed E-state index contributed by atoms with van der Waals surface area (Å²) in [7, 11) is 0. The Morgan fingerprint density at radius 2 is 2.50 bits per heavy atom. The number of rotatable bonds is 2. The average molecular weight is 188 g/mol. The van der Waals surface area contributed by atoms with Gasteiger partial charge in [0.15, 0.2) is 0 Å². The predicted molar refractivity (Wildman–Crippen MR) is 56.0 cm³/mol. The zero-order chi connectivity index (χ0) is 9.38. The maximum atomic E-state index is 4.17. The summed E-state index contributed by atoms with van der Waals surface area (Å²) in [6.45, 7) is 2.68. The van der Waals surface area contributed by atoms with E-state index in [2.05, 4.69) is 16.0 Å². The summed E-state index contributed by atoms with van der Waals surface area (Å²) in [4.78, 5) is 6.82. The highest BCUT2D eigenvalue weighted by Crippen LogP contribution is 2.34. The summed E-state index contributed by atoms with van der Waals surface area (Å²) in [6, 6.07) is 5.04.